The van der Waals surface area contributed by atoms with E-state index in [1.165, 1.54) is 0 Å². The zero-order valence-electron chi connectivity index (χ0n) is 12.2. The van der Waals surface area contributed by atoms with Crippen molar-refractivity contribution in [1.82, 2.24) is 20.2 Å². The summed E-state index contributed by atoms with van der Waals surface area (Å²) in [4.78, 5) is 35.4. The second-order valence-corrected chi connectivity index (χ2v) is 5.76. The van der Waals surface area contributed by atoms with Crippen LogP contribution in [0.25, 0.3) is 0 Å². The van der Waals surface area contributed by atoms with E-state index in [0.717, 1.165) is 25.7 Å². The number of nitrogens with zero attached hydrogens (tertiary/aromatic N) is 3. The fraction of sp³-hybridized carbons (Fsp3) is 0.600. The van der Waals surface area contributed by atoms with E-state index in [0.29, 0.717) is 18.8 Å². The summed E-state index contributed by atoms with van der Waals surface area (Å²) in [6.07, 6.45) is 7.34. The molecule has 0 aromatic carbocycles. The maximum Gasteiger partial charge on any atom is 0.246 e. The average molecular weight is 288 g/mol. The van der Waals surface area contributed by atoms with Crippen LogP contribution >= 0.6 is 0 Å². The molecule has 1 saturated carbocycles. The van der Waals surface area contributed by atoms with Gasteiger partial charge >= 0.3 is 0 Å². The summed E-state index contributed by atoms with van der Waals surface area (Å²) >= 11 is 0. The third-order valence-corrected chi connectivity index (χ3v) is 4.57. The fourth-order valence-corrected chi connectivity index (χ4v) is 3.39. The van der Waals surface area contributed by atoms with Crippen LogP contribution in [-0.4, -0.2) is 38.3 Å². The maximum absolute atomic E-state index is 12.7. The van der Waals surface area contributed by atoms with Crippen molar-refractivity contribution in [3.63, 3.8) is 0 Å². The zero-order valence-corrected chi connectivity index (χ0v) is 12.2. The van der Waals surface area contributed by atoms with Gasteiger partial charge in [0.15, 0.2) is 0 Å². The molecule has 1 aromatic heterocycles. The molecule has 6 nitrogen and oxygen atoms in total. The van der Waals surface area contributed by atoms with Gasteiger partial charge < -0.3 is 10.2 Å². The third-order valence-electron chi connectivity index (χ3n) is 4.57. The van der Waals surface area contributed by atoms with Crippen molar-refractivity contribution >= 4 is 11.8 Å². The number of hydrogen-bond acceptors (Lipinski definition) is 4. The molecule has 1 atom stereocenters. The van der Waals surface area contributed by atoms with E-state index < -0.39 is 11.6 Å². The van der Waals surface area contributed by atoms with Gasteiger partial charge in [-0.25, -0.2) is 9.97 Å². The summed E-state index contributed by atoms with van der Waals surface area (Å²) in [6, 6.07) is 1.32. The minimum atomic E-state index is -0.693. The molecule has 2 amide bonds. The molecule has 2 fully saturated rings. The Bertz CT molecular complexity index is 540. The van der Waals surface area contributed by atoms with Gasteiger partial charge in [-0.3, -0.25) is 9.59 Å². The molecule has 112 valence electrons. The standard InChI is InChI=1S/C15H20N4O2/c1-2-11-13(20)19(10-12-16-8-5-9-17-12)15(14(21)18-11)6-3-4-7-15/h5,8-9,11H,2-4,6-7,10H2,1H3,(H,18,21). The quantitative estimate of drug-likeness (QED) is 0.901. The molecule has 6 heteroatoms. The number of hydrogen-bond donors (Lipinski definition) is 1. The van der Waals surface area contributed by atoms with Gasteiger partial charge in [0.1, 0.15) is 17.4 Å². The average Bonchev–Trinajstić information content (AvgIpc) is 2.99. The highest BCUT2D eigenvalue weighted by Crippen LogP contribution is 2.39. The van der Waals surface area contributed by atoms with Crippen LogP contribution in [0.5, 0.6) is 0 Å². The lowest BCUT2D eigenvalue weighted by atomic mass is 9.89. The van der Waals surface area contributed by atoms with Gasteiger partial charge in [0.25, 0.3) is 0 Å². The monoisotopic (exact) mass is 288 g/mol. The van der Waals surface area contributed by atoms with Crippen LogP contribution < -0.4 is 5.32 Å². The van der Waals surface area contributed by atoms with Crippen LogP contribution in [0.2, 0.25) is 0 Å². The molecule has 1 saturated heterocycles. The molecular weight excluding hydrogens is 268 g/mol. The zero-order chi connectivity index (χ0) is 14.9. The highest BCUT2D eigenvalue weighted by Gasteiger charge is 2.53. The van der Waals surface area contributed by atoms with Crippen molar-refractivity contribution in [3.8, 4) is 0 Å². The van der Waals surface area contributed by atoms with Crippen molar-refractivity contribution < 1.29 is 9.59 Å². The van der Waals surface area contributed by atoms with Crippen LogP contribution in [0, 0.1) is 0 Å². The first kappa shape index (κ1) is 14.0. The highest BCUT2D eigenvalue weighted by atomic mass is 16.2. The van der Waals surface area contributed by atoms with Gasteiger partial charge in [-0.1, -0.05) is 19.8 Å². The first-order valence-corrected chi connectivity index (χ1v) is 7.56. The van der Waals surface area contributed by atoms with E-state index in [1.54, 1.807) is 23.4 Å². The first-order chi connectivity index (χ1) is 10.2. The van der Waals surface area contributed by atoms with Crippen molar-refractivity contribution in [2.24, 2.45) is 0 Å². The predicted octanol–water partition coefficient (Wildman–Crippen LogP) is 1.03. The van der Waals surface area contributed by atoms with Gasteiger partial charge in [0.2, 0.25) is 11.8 Å². The minimum Gasteiger partial charge on any atom is -0.342 e. The van der Waals surface area contributed by atoms with E-state index in [1.807, 2.05) is 6.92 Å². The topological polar surface area (TPSA) is 75.2 Å². The third kappa shape index (κ3) is 2.28. The molecule has 1 aliphatic carbocycles. The van der Waals surface area contributed by atoms with E-state index in [4.69, 9.17) is 0 Å². The Morgan fingerprint density at radius 1 is 1.29 bits per heavy atom. The molecular formula is C15H20N4O2. The number of aromatic nitrogens is 2. The Hall–Kier alpha value is -1.98. The SMILES string of the molecule is CCC1NC(=O)C2(CCCC2)N(Cc2ncccn2)C1=O. The van der Waals surface area contributed by atoms with Crippen LogP contribution in [0.4, 0.5) is 0 Å². The van der Waals surface area contributed by atoms with Gasteiger partial charge in [-0.15, -0.1) is 0 Å². The van der Waals surface area contributed by atoms with Crippen LogP contribution in [0.1, 0.15) is 44.9 Å². The molecule has 21 heavy (non-hydrogen) atoms. The van der Waals surface area contributed by atoms with E-state index in [9.17, 15) is 9.59 Å². The lowest BCUT2D eigenvalue weighted by Gasteiger charge is -2.45. The Labute approximate surface area is 124 Å². The van der Waals surface area contributed by atoms with Crippen molar-refractivity contribution in [2.75, 3.05) is 0 Å². The number of carbonyl (C=O) groups is 2. The summed E-state index contributed by atoms with van der Waals surface area (Å²) in [5, 5.41) is 2.89. The molecule has 1 aliphatic heterocycles. The normalized spacial score (nSPS) is 24.4. The number of carbonyl (C=O) groups excluding carboxylic acids is 2. The molecule has 1 spiro atoms. The van der Waals surface area contributed by atoms with E-state index in [2.05, 4.69) is 15.3 Å². The van der Waals surface area contributed by atoms with Crippen molar-refractivity contribution in [1.29, 1.82) is 0 Å². The van der Waals surface area contributed by atoms with Gasteiger partial charge in [-0.05, 0) is 25.3 Å². The molecule has 0 radical (unpaired) electrons. The molecule has 1 N–H and O–H groups in total. The van der Waals surface area contributed by atoms with Gasteiger partial charge in [0.05, 0.1) is 6.54 Å². The van der Waals surface area contributed by atoms with Crippen LogP contribution in [-0.2, 0) is 16.1 Å². The number of nitrogens with one attached hydrogen (secondary N) is 1. The second-order valence-electron chi connectivity index (χ2n) is 5.76. The molecule has 1 unspecified atom stereocenters. The number of rotatable bonds is 3. The molecule has 3 rings (SSSR count). The van der Waals surface area contributed by atoms with E-state index in [-0.39, 0.29) is 11.8 Å². The predicted molar refractivity (Wildman–Crippen MR) is 76.0 cm³/mol. The van der Waals surface area contributed by atoms with Crippen LogP contribution in [0.15, 0.2) is 18.5 Å². The summed E-state index contributed by atoms with van der Waals surface area (Å²) in [5.41, 5.74) is -0.693. The van der Waals surface area contributed by atoms with Crippen molar-refractivity contribution in [2.45, 2.75) is 57.2 Å². The molecule has 1 aromatic rings. The van der Waals surface area contributed by atoms with Crippen molar-refractivity contribution in [3.05, 3.63) is 24.3 Å². The molecule has 0 bridgehead atoms. The van der Waals surface area contributed by atoms with E-state index >= 15 is 0 Å². The summed E-state index contributed by atoms with van der Waals surface area (Å²) in [7, 11) is 0. The molecule has 2 heterocycles. The minimum absolute atomic E-state index is 0.00791. The first-order valence-electron chi connectivity index (χ1n) is 7.56. The fourth-order valence-electron chi connectivity index (χ4n) is 3.39. The maximum atomic E-state index is 12.7. The number of piperazine rings is 1. The summed E-state index contributed by atoms with van der Waals surface area (Å²) in [6.45, 7) is 2.22. The Morgan fingerprint density at radius 3 is 2.57 bits per heavy atom. The highest BCUT2D eigenvalue weighted by molar-refractivity contribution is 5.99. The van der Waals surface area contributed by atoms with Gasteiger partial charge in [-0.2, -0.15) is 0 Å². The lowest BCUT2D eigenvalue weighted by Crippen LogP contribution is -2.69. The summed E-state index contributed by atoms with van der Waals surface area (Å²) < 4.78 is 0. The molecule has 2 aliphatic rings. The lowest BCUT2D eigenvalue weighted by molar-refractivity contribution is -0.158. The Kier molecular flexibility index (Phi) is 3.61. The smallest absolute Gasteiger partial charge is 0.246 e. The largest absolute Gasteiger partial charge is 0.342 e. The second kappa shape index (κ2) is 5.42. The van der Waals surface area contributed by atoms with Gasteiger partial charge in [0, 0.05) is 12.4 Å². The Morgan fingerprint density at radius 2 is 1.95 bits per heavy atom. The van der Waals surface area contributed by atoms with Crippen LogP contribution in [0.3, 0.4) is 0 Å². The number of amides is 2. The Balaban J connectivity index is 1.94. The summed E-state index contributed by atoms with van der Waals surface area (Å²) in [5.74, 6) is 0.565.